The van der Waals surface area contributed by atoms with Crippen LogP contribution in [0.3, 0.4) is 0 Å². The number of esters is 1. The van der Waals surface area contributed by atoms with Crippen LogP contribution in [0.2, 0.25) is 0 Å². The van der Waals surface area contributed by atoms with Crippen molar-refractivity contribution in [3.05, 3.63) is 33.9 Å². The molecule has 1 atom stereocenters. The van der Waals surface area contributed by atoms with Crippen LogP contribution in [-0.2, 0) is 9.53 Å². The Morgan fingerprint density at radius 1 is 1.29 bits per heavy atom. The number of nitrogens with one attached hydrogen (secondary N) is 1. The Kier molecular flexibility index (Phi) is 6.16. The number of rotatable bonds is 7. The number of nitro groups is 1. The van der Waals surface area contributed by atoms with E-state index < -0.39 is 17.5 Å². The number of nitro benzene ring substituents is 1. The molecule has 1 aromatic carbocycles. The Morgan fingerprint density at radius 2 is 1.96 bits per heavy atom. The monoisotopic (exact) mass is 389 g/mol. The lowest BCUT2D eigenvalue weighted by Crippen LogP contribution is -2.37. The normalized spacial score (nSPS) is 18.4. The predicted octanol–water partition coefficient (Wildman–Crippen LogP) is 2.90. The fourth-order valence-corrected chi connectivity index (χ4v) is 3.54. The number of nitrogens with zero attached hydrogens (tertiary/aromatic N) is 2. The molecule has 1 aliphatic carbocycles. The molecule has 1 aliphatic heterocycles. The van der Waals surface area contributed by atoms with Crippen molar-refractivity contribution < 1.29 is 19.2 Å². The number of piperidine rings is 1. The molecule has 28 heavy (non-hydrogen) atoms. The van der Waals surface area contributed by atoms with Gasteiger partial charge in [-0.3, -0.25) is 14.9 Å². The molecule has 1 N–H and O–H groups in total. The highest BCUT2D eigenvalue weighted by Crippen LogP contribution is 2.32. The van der Waals surface area contributed by atoms with E-state index >= 15 is 0 Å². The Hall–Kier alpha value is -2.64. The van der Waals surface area contributed by atoms with E-state index in [-0.39, 0.29) is 23.2 Å². The lowest BCUT2D eigenvalue weighted by molar-refractivity contribution is -0.384. The van der Waals surface area contributed by atoms with Crippen molar-refractivity contribution in [1.29, 1.82) is 0 Å². The number of carbonyl (C=O) groups excluding carboxylic acids is 2. The lowest BCUT2D eigenvalue weighted by atomic mass is 9.98. The molecular weight excluding hydrogens is 362 g/mol. The van der Waals surface area contributed by atoms with Gasteiger partial charge >= 0.3 is 5.97 Å². The Labute approximate surface area is 164 Å². The highest BCUT2D eigenvalue weighted by Gasteiger charge is 2.29. The summed E-state index contributed by atoms with van der Waals surface area (Å²) in [7, 11) is 0. The third-order valence-corrected chi connectivity index (χ3v) is 5.59. The number of benzene rings is 1. The zero-order chi connectivity index (χ0) is 20.3. The van der Waals surface area contributed by atoms with Gasteiger partial charge in [0.25, 0.3) is 11.6 Å². The average Bonchev–Trinajstić information content (AvgIpc) is 3.51. The third-order valence-electron chi connectivity index (χ3n) is 5.59. The van der Waals surface area contributed by atoms with E-state index in [1.807, 2.05) is 6.92 Å². The summed E-state index contributed by atoms with van der Waals surface area (Å²) in [6.45, 7) is 5.28. The van der Waals surface area contributed by atoms with Gasteiger partial charge in [-0.15, -0.1) is 0 Å². The summed E-state index contributed by atoms with van der Waals surface area (Å²) >= 11 is 0. The van der Waals surface area contributed by atoms with Gasteiger partial charge in [-0.25, -0.2) is 4.79 Å². The number of non-ortho nitro benzene ring substituents is 1. The second-order valence-electron chi connectivity index (χ2n) is 7.90. The lowest BCUT2D eigenvalue weighted by Gasteiger charge is -2.33. The minimum absolute atomic E-state index is 0.0647. The van der Waals surface area contributed by atoms with Crippen LogP contribution in [0, 0.1) is 22.0 Å². The summed E-state index contributed by atoms with van der Waals surface area (Å²) in [5.74, 6) is 0.0458. The number of hydrogen-bond acceptors (Lipinski definition) is 6. The highest BCUT2D eigenvalue weighted by molar-refractivity contribution is 5.97. The second-order valence-corrected chi connectivity index (χ2v) is 7.90. The van der Waals surface area contributed by atoms with Gasteiger partial charge < -0.3 is 15.0 Å². The molecule has 1 saturated heterocycles. The molecule has 8 heteroatoms. The fraction of sp³-hybridized carbons (Fsp3) is 0.600. The molecule has 2 aliphatic rings. The molecule has 1 aromatic rings. The molecule has 0 aromatic heterocycles. The molecule has 0 radical (unpaired) electrons. The Balaban J connectivity index is 1.70. The number of amides is 1. The zero-order valence-corrected chi connectivity index (χ0v) is 16.3. The minimum Gasteiger partial charge on any atom is -0.452 e. The topological polar surface area (TPSA) is 102 Å². The molecule has 2 fully saturated rings. The summed E-state index contributed by atoms with van der Waals surface area (Å²) in [6.07, 6.45) is 4.19. The SMILES string of the molecule is CC1CCN(c2ccc([N+](=O)[O-])cc2C(=O)OCC(=O)NC(C)C2CC2)CC1. The van der Waals surface area contributed by atoms with Gasteiger partial charge in [0, 0.05) is 31.3 Å². The van der Waals surface area contributed by atoms with E-state index in [9.17, 15) is 19.7 Å². The number of hydrogen-bond donors (Lipinski definition) is 1. The zero-order valence-electron chi connectivity index (χ0n) is 16.3. The van der Waals surface area contributed by atoms with Gasteiger partial charge in [-0.05, 0) is 50.5 Å². The van der Waals surface area contributed by atoms with Gasteiger partial charge in [0.2, 0.25) is 0 Å². The second kappa shape index (κ2) is 8.58. The number of ether oxygens (including phenoxy) is 1. The van der Waals surface area contributed by atoms with E-state index in [0.717, 1.165) is 38.8 Å². The van der Waals surface area contributed by atoms with Crippen molar-refractivity contribution in [2.75, 3.05) is 24.6 Å². The van der Waals surface area contributed by atoms with Crippen LogP contribution in [0.1, 0.15) is 49.9 Å². The molecule has 8 nitrogen and oxygen atoms in total. The third kappa shape index (κ3) is 4.99. The van der Waals surface area contributed by atoms with E-state index in [2.05, 4.69) is 17.1 Å². The summed E-state index contributed by atoms with van der Waals surface area (Å²) < 4.78 is 5.18. The van der Waals surface area contributed by atoms with E-state index in [0.29, 0.717) is 17.5 Å². The molecular formula is C20H27N3O5. The molecule has 152 valence electrons. The number of carbonyl (C=O) groups is 2. The van der Waals surface area contributed by atoms with Gasteiger partial charge in [0.05, 0.1) is 16.2 Å². The minimum atomic E-state index is -0.716. The maximum Gasteiger partial charge on any atom is 0.341 e. The van der Waals surface area contributed by atoms with Gasteiger partial charge in [0.15, 0.2) is 6.61 Å². The molecule has 0 bridgehead atoms. The summed E-state index contributed by atoms with van der Waals surface area (Å²) in [6, 6.07) is 4.30. The summed E-state index contributed by atoms with van der Waals surface area (Å²) in [5, 5.41) is 14.0. The first kappa shape index (κ1) is 20.1. The molecule has 1 unspecified atom stereocenters. The van der Waals surface area contributed by atoms with Crippen LogP contribution in [0.25, 0.3) is 0 Å². The van der Waals surface area contributed by atoms with Crippen molar-refractivity contribution in [1.82, 2.24) is 5.32 Å². The van der Waals surface area contributed by atoms with Gasteiger partial charge in [-0.1, -0.05) is 6.92 Å². The summed E-state index contributed by atoms with van der Waals surface area (Å²) in [5.41, 5.74) is 0.578. The first-order valence-corrected chi connectivity index (χ1v) is 9.85. The van der Waals surface area contributed by atoms with Crippen molar-refractivity contribution in [3.63, 3.8) is 0 Å². The van der Waals surface area contributed by atoms with Crippen LogP contribution >= 0.6 is 0 Å². The van der Waals surface area contributed by atoms with Crippen molar-refractivity contribution >= 4 is 23.3 Å². The average molecular weight is 389 g/mol. The van der Waals surface area contributed by atoms with E-state index in [1.54, 1.807) is 6.07 Å². The maximum atomic E-state index is 12.6. The number of anilines is 1. The predicted molar refractivity (Wildman–Crippen MR) is 104 cm³/mol. The maximum absolute atomic E-state index is 12.6. The van der Waals surface area contributed by atoms with Crippen LogP contribution in [-0.4, -0.2) is 42.5 Å². The quantitative estimate of drug-likeness (QED) is 0.437. The van der Waals surface area contributed by atoms with Crippen LogP contribution in [0.15, 0.2) is 18.2 Å². The molecule has 1 saturated carbocycles. The van der Waals surface area contributed by atoms with E-state index in [4.69, 9.17) is 4.74 Å². The first-order chi connectivity index (χ1) is 13.3. The summed E-state index contributed by atoms with van der Waals surface area (Å²) in [4.78, 5) is 37.3. The van der Waals surface area contributed by atoms with Gasteiger partial charge in [-0.2, -0.15) is 0 Å². The van der Waals surface area contributed by atoms with Crippen molar-refractivity contribution in [2.24, 2.45) is 11.8 Å². The van der Waals surface area contributed by atoms with E-state index in [1.165, 1.54) is 12.1 Å². The van der Waals surface area contributed by atoms with Crippen molar-refractivity contribution in [3.8, 4) is 0 Å². The fourth-order valence-electron chi connectivity index (χ4n) is 3.54. The standard InChI is InChI=1S/C20H27N3O5/c1-13-7-9-22(10-8-13)18-6-5-16(23(26)27)11-17(18)20(25)28-12-19(24)21-14(2)15-3-4-15/h5-6,11,13-15H,3-4,7-10,12H2,1-2H3,(H,21,24). The molecule has 1 amide bonds. The Morgan fingerprint density at radius 3 is 2.57 bits per heavy atom. The van der Waals surface area contributed by atoms with Gasteiger partial charge in [0.1, 0.15) is 0 Å². The largest absolute Gasteiger partial charge is 0.452 e. The van der Waals surface area contributed by atoms with Crippen LogP contribution in [0.4, 0.5) is 11.4 Å². The van der Waals surface area contributed by atoms with Crippen LogP contribution < -0.4 is 10.2 Å². The first-order valence-electron chi connectivity index (χ1n) is 9.85. The molecule has 0 spiro atoms. The van der Waals surface area contributed by atoms with Crippen molar-refractivity contribution in [2.45, 2.75) is 45.6 Å². The highest BCUT2D eigenvalue weighted by atomic mass is 16.6. The molecule has 1 heterocycles. The molecule has 3 rings (SSSR count). The smallest absolute Gasteiger partial charge is 0.341 e. The Bertz CT molecular complexity index is 754. The van der Waals surface area contributed by atoms with Crippen LogP contribution in [0.5, 0.6) is 0 Å².